The van der Waals surface area contributed by atoms with Crippen molar-refractivity contribution in [3.63, 3.8) is 0 Å². The molecule has 32 heavy (non-hydrogen) atoms. The molecule has 0 spiro atoms. The van der Waals surface area contributed by atoms with Crippen LogP contribution in [0.5, 0.6) is 0 Å². The molecule has 0 bridgehead atoms. The van der Waals surface area contributed by atoms with Crippen molar-refractivity contribution in [1.82, 2.24) is 4.98 Å². The zero-order valence-corrected chi connectivity index (χ0v) is 16.8. The number of amidine groups is 1. The number of carbonyl (C=O) groups is 2. The fourth-order valence-corrected chi connectivity index (χ4v) is 3.33. The number of nitrogens with two attached hydrogens (primary N) is 1. The van der Waals surface area contributed by atoms with Crippen LogP contribution in [0.15, 0.2) is 59.0 Å². The van der Waals surface area contributed by atoms with Gasteiger partial charge in [-0.3, -0.25) is 24.9 Å². The van der Waals surface area contributed by atoms with E-state index in [0.29, 0.717) is 24.4 Å². The van der Waals surface area contributed by atoms with Crippen LogP contribution >= 0.6 is 0 Å². The van der Waals surface area contributed by atoms with Crippen molar-refractivity contribution in [3.05, 3.63) is 59.6 Å². The zero-order valence-electron chi connectivity index (χ0n) is 16.8. The molecule has 11 nitrogen and oxygen atoms in total. The summed E-state index contributed by atoms with van der Waals surface area (Å²) in [7, 11) is 0. The molecule has 1 saturated heterocycles. The number of hydrogen-bond acceptors (Lipinski definition) is 8. The van der Waals surface area contributed by atoms with E-state index in [1.54, 1.807) is 34.1 Å². The van der Waals surface area contributed by atoms with Crippen LogP contribution in [0, 0.1) is 16.7 Å². The van der Waals surface area contributed by atoms with Crippen molar-refractivity contribution in [2.75, 3.05) is 34.8 Å². The van der Waals surface area contributed by atoms with Gasteiger partial charge >= 0.3 is 0 Å². The molecule has 0 saturated carbocycles. The highest BCUT2D eigenvalue weighted by atomic mass is 16.5. The fraction of sp³-hybridized carbons (Fsp3) is 0.143. The molecule has 0 atom stereocenters. The van der Waals surface area contributed by atoms with Crippen LogP contribution in [-0.4, -0.2) is 48.7 Å². The molecule has 2 amide bonds. The number of carbonyl (C=O) groups excluding carboxylic acids is 2. The van der Waals surface area contributed by atoms with Gasteiger partial charge in [0.15, 0.2) is 5.70 Å². The summed E-state index contributed by atoms with van der Waals surface area (Å²) in [6.45, 7) is 1.27. The average molecular weight is 430 g/mol. The van der Waals surface area contributed by atoms with Crippen molar-refractivity contribution in [3.8, 4) is 6.07 Å². The standard InChI is InChI=1S/C21H18N8O3/c22-11-13-1-6-16(26-12-13)27-20(31)17-18(19(23)30)28(8-7-25-17)14-2-4-15(5-3-14)29-9-10-32-21(29)24/h1-7,12,24H,8-10H2,(H2,23,30)(H,26,27,31). The predicted octanol–water partition coefficient (Wildman–Crippen LogP) is 0.951. The van der Waals surface area contributed by atoms with Crippen LogP contribution in [-0.2, 0) is 14.3 Å². The lowest BCUT2D eigenvalue weighted by Crippen LogP contribution is -2.38. The number of ether oxygens (including phenoxy) is 1. The van der Waals surface area contributed by atoms with Crippen LogP contribution < -0.4 is 20.9 Å². The van der Waals surface area contributed by atoms with Gasteiger partial charge in [0.2, 0.25) is 0 Å². The highest BCUT2D eigenvalue weighted by molar-refractivity contribution is 6.12. The van der Waals surface area contributed by atoms with Crippen LogP contribution in [0.25, 0.3) is 0 Å². The summed E-state index contributed by atoms with van der Waals surface area (Å²) in [5, 5.41) is 19.2. The highest BCUT2D eigenvalue weighted by Crippen LogP contribution is 2.28. The Morgan fingerprint density at radius 2 is 1.88 bits per heavy atom. The van der Waals surface area contributed by atoms with E-state index in [9.17, 15) is 9.59 Å². The van der Waals surface area contributed by atoms with Crippen molar-refractivity contribution < 1.29 is 14.3 Å². The van der Waals surface area contributed by atoms with Crippen molar-refractivity contribution >= 4 is 41.2 Å². The molecule has 2 aliphatic heterocycles. The van der Waals surface area contributed by atoms with Crippen molar-refractivity contribution in [1.29, 1.82) is 10.7 Å². The van der Waals surface area contributed by atoms with Crippen LogP contribution in [0.1, 0.15) is 5.56 Å². The number of benzene rings is 1. The highest BCUT2D eigenvalue weighted by Gasteiger charge is 2.28. The van der Waals surface area contributed by atoms with E-state index in [0.717, 1.165) is 5.69 Å². The van der Waals surface area contributed by atoms with E-state index in [1.807, 2.05) is 6.07 Å². The second kappa shape index (κ2) is 8.57. The van der Waals surface area contributed by atoms with Crippen LogP contribution in [0.3, 0.4) is 0 Å². The molecule has 160 valence electrons. The van der Waals surface area contributed by atoms with Gasteiger partial charge in [0.1, 0.15) is 24.2 Å². The van der Waals surface area contributed by atoms with Gasteiger partial charge in [-0.1, -0.05) is 0 Å². The SMILES string of the molecule is N#Cc1ccc(NC(=O)C2=C(C(N)=O)N(c3ccc(N4CCOC4=N)cc3)CC=N2)nc1. The second-order valence-electron chi connectivity index (χ2n) is 6.80. The van der Waals surface area contributed by atoms with Gasteiger partial charge in [0.25, 0.3) is 17.8 Å². The number of nitrogens with one attached hydrogen (secondary N) is 2. The first kappa shape index (κ1) is 20.5. The second-order valence-corrected chi connectivity index (χ2v) is 6.80. The maximum atomic E-state index is 12.8. The molecule has 4 rings (SSSR count). The van der Waals surface area contributed by atoms with Gasteiger partial charge in [0, 0.05) is 23.8 Å². The molecule has 1 aromatic heterocycles. The molecule has 2 aromatic rings. The van der Waals surface area contributed by atoms with Gasteiger partial charge < -0.3 is 20.7 Å². The maximum absolute atomic E-state index is 12.8. The smallest absolute Gasteiger partial charge is 0.289 e. The topological polar surface area (TPSA) is 161 Å². The molecule has 0 aliphatic carbocycles. The molecule has 0 unspecified atom stereocenters. The van der Waals surface area contributed by atoms with Gasteiger partial charge in [-0.15, -0.1) is 0 Å². The monoisotopic (exact) mass is 430 g/mol. The maximum Gasteiger partial charge on any atom is 0.289 e. The van der Waals surface area contributed by atoms with E-state index < -0.39 is 11.8 Å². The summed E-state index contributed by atoms with van der Waals surface area (Å²) in [4.78, 5) is 36.5. The molecule has 11 heteroatoms. The summed E-state index contributed by atoms with van der Waals surface area (Å²) in [5.41, 5.74) is 7.16. The summed E-state index contributed by atoms with van der Waals surface area (Å²) in [5.74, 6) is -1.26. The third-order valence-electron chi connectivity index (χ3n) is 4.83. The molecule has 4 N–H and O–H groups in total. The van der Waals surface area contributed by atoms with E-state index in [4.69, 9.17) is 21.1 Å². The number of rotatable bonds is 5. The Morgan fingerprint density at radius 3 is 2.44 bits per heavy atom. The first-order chi connectivity index (χ1) is 15.5. The number of nitriles is 1. The molecule has 1 fully saturated rings. The molecule has 1 aromatic carbocycles. The van der Waals surface area contributed by atoms with Crippen LogP contribution in [0.2, 0.25) is 0 Å². The van der Waals surface area contributed by atoms with Gasteiger partial charge in [-0.2, -0.15) is 5.26 Å². The summed E-state index contributed by atoms with van der Waals surface area (Å²) in [6, 6.07) is 12.1. The molecule has 3 heterocycles. The van der Waals surface area contributed by atoms with E-state index >= 15 is 0 Å². The number of aromatic nitrogens is 1. The Labute approximate surface area is 182 Å². The van der Waals surface area contributed by atoms with Crippen molar-refractivity contribution in [2.45, 2.75) is 0 Å². The predicted molar refractivity (Wildman–Crippen MR) is 117 cm³/mol. The first-order valence-electron chi connectivity index (χ1n) is 9.58. The Balaban J connectivity index is 1.61. The average Bonchev–Trinajstić information content (AvgIpc) is 3.25. The van der Waals surface area contributed by atoms with E-state index in [1.165, 1.54) is 24.5 Å². The number of hydrogen-bond donors (Lipinski definition) is 3. The first-order valence-corrected chi connectivity index (χ1v) is 9.58. The van der Waals surface area contributed by atoms with E-state index in [-0.39, 0.29) is 29.8 Å². The third kappa shape index (κ3) is 3.97. The van der Waals surface area contributed by atoms with Gasteiger partial charge in [-0.25, -0.2) is 4.98 Å². The number of pyridine rings is 1. The number of nitrogens with zero attached hydrogens (tertiary/aromatic N) is 5. The Morgan fingerprint density at radius 1 is 1.16 bits per heavy atom. The Bertz CT molecular complexity index is 1180. The summed E-state index contributed by atoms with van der Waals surface area (Å²) in [6.07, 6.45) is 2.83. The summed E-state index contributed by atoms with van der Waals surface area (Å²) >= 11 is 0. The number of aliphatic imine (C=N–C) groups is 1. The number of primary amides is 1. The Kier molecular flexibility index (Phi) is 5.50. The lowest BCUT2D eigenvalue weighted by Gasteiger charge is -2.28. The molecular weight excluding hydrogens is 412 g/mol. The third-order valence-corrected chi connectivity index (χ3v) is 4.83. The Hall–Kier alpha value is -4.72. The number of amides is 2. The lowest BCUT2D eigenvalue weighted by atomic mass is 10.1. The fourth-order valence-electron chi connectivity index (χ4n) is 3.33. The van der Waals surface area contributed by atoms with Crippen LogP contribution in [0.4, 0.5) is 17.2 Å². The minimum absolute atomic E-state index is 0.0522. The molecular formula is C21H18N8O3. The number of anilines is 3. The van der Waals surface area contributed by atoms with Gasteiger partial charge in [-0.05, 0) is 36.4 Å². The molecule has 2 aliphatic rings. The van der Waals surface area contributed by atoms with E-state index in [2.05, 4.69) is 15.3 Å². The lowest BCUT2D eigenvalue weighted by molar-refractivity contribution is -0.116. The minimum Gasteiger partial charge on any atom is -0.463 e. The minimum atomic E-state index is -0.807. The van der Waals surface area contributed by atoms with Gasteiger partial charge in [0.05, 0.1) is 18.7 Å². The summed E-state index contributed by atoms with van der Waals surface area (Å²) < 4.78 is 5.16. The molecule has 0 radical (unpaired) electrons. The van der Waals surface area contributed by atoms with Crippen molar-refractivity contribution in [2.24, 2.45) is 10.7 Å². The zero-order chi connectivity index (χ0) is 22.7. The normalized spacial score (nSPS) is 15.4. The quantitative estimate of drug-likeness (QED) is 0.636. The largest absolute Gasteiger partial charge is 0.463 e.